The second kappa shape index (κ2) is 7.70. The summed E-state index contributed by atoms with van der Waals surface area (Å²) in [4.78, 5) is 14.7. The molecule has 1 unspecified atom stereocenters. The molecular weight excluding hydrogens is 362 g/mol. The number of rotatable bonds is 4. The van der Waals surface area contributed by atoms with Gasteiger partial charge in [-0.1, -0.05) is 36.4 Å². The number of likely N-dealkylation sites (tertiary alicyclic amines) is 1. The van der Waals surface area contributed by atoms with Crippen LogP contribution in [0, 0.1) is 13.8 Å². The van der Waals surface area contributed by atoms with Gasteiger partial charge >= 0.3 is 6.03 Å². The van der Waals surface area contributed by atoms with Crippen LogP contribution in [0.5, 0.6) is 0 Å². The van der Waals surface area contributed by atoms with Crippen LogP contribution in [-0.2, 0) is 16.6 Å². The monoisotopic (exact) mass is 387 g/mol. The van der Waals surface area contributed by atoms with Gasteiger partial charge in [0.25, 0.3) is 0 Å². The number of hydrogen-bond donors (Lipinski definition) is 2. The minimum absolute atomic E-state index is 0.0398. The van der Waals surface area contributed by atoms with E-state index in [4.69, 9.17) is 5.14 Å². The van der Waals surface area contributed by atoms with E-state index in [1.165, 1.54) is 22.8 Å². The molecule has 1 aliphatic rings. The van der Waals surface area contributed by atoms with Crippen LogP contribution < -0.4 is 10.5 Å². The molecule has 27 heavy (non-hydrogen) atoms. The minimum Gasteiger partial charge on any atom is -0.334 e. The molecule has 3 rings (SSSR count). The predicted octanol–water partition coefficient (Wildman–Crippen LogP) is 3.00. The van der Waals surface area contributed by atoms with Gasteiger partial charge in [-0.2, -0.15) is 0 Å². The van der Waals surface area contributed by atoms with Gasteiger partial charge in [0.1, 0.15) is 0 Å². The van der Waals surface area contributed by atoms with E-state index in [2.05, 4.69) is 31.3 Å². The highest BCUT2D eigenvalue weighted by Crippen LogP contribution is 2.35. The van der Waals surface area contributed by atoms with E-state index >= 15 is 0 Å². The predicted molar refractivity (Wildman–Crippen MR) is 105 cm³/mol. The third kappa shape index (κ3) is 4.14. The van der Waals surface area contributed by atoms with Gasteiger partial charge in [0.15, 0.2) is 0 Å². The Morgan fingerprint density at radius 3 is 2.48 bits per heavy atom. The number of nitrogens with zero attached hydrogens (tertiary/aromatic N) is 1. The quantitative estimate of drug-likeness (QED) is 0.845. The Hall–Kier alpha value is -2.38. The second-order valence-corrected chi connectivity index (χ2v) is 8.50. The topological polar surface area (TPSA) is 92.5 Å². The molecule has 0 radical (unpaired) electrons. The highest BCUT2D eigenvalue weighted by Gasteiger charge is 2.31. The van der Waals surface area contributed by atoms with E-state index in [-0.39, 0.29) is 23.5 Å². The van der Waals surface area contributed by atoms with Gasteiger partial charge < -0.3 is 10.2 Å². The van der Waals surface area contributed by atoms with Crippen molar-refractivity contribution in [2.24, 2.45) is 5.14 Å². The number of nitrogens with two attached hydrogens (primary N) is 1. The van der Waals surface area contributed by atoms with Crippen LogP contribution >= 0.6 is 0 Å². The molecule has 1 saturated heterocycles. The Bertz CT molecular complexity index is 936. The normalized spacial score (nSPS) is 17.1. The summed E-state index contributed by atoms with van der Waals surface area (Å²) < 4.78 is 23.4. The van der Waals surface area contributed by atoms with Crippen LogP contribution in [0.2, 0.25) is 0 Å². The molecule has 0 aliphatic carbocycles. The number of urea groups is 1. The maximum atomic E-state index is 12.8. The second-order valence-electron chi connectivity index (χ2n) is 6.97. The summed E-state index contributed by atoms with van der Waals surface area (Å²) in [7, 11) is -3.83. The molecule has 0 aromatic heterocycles. The summed E-state index contributed by atoms with van der Waals surface area (Å²) in [5.41, 5.74) is 4.05. The zero-order valence-corrected chi connectivity index (χ0v) is 16.4. The van der Waals surface area contributed by atoms with E-state index < -0.39 is 10.0 Å². The van der Waals surface area contributed by atoms with Crippen LogP contribution in [0.1, 0.15) is 41.1 Å². The fourth-order valence-electron chi connectivity index (χ4n) is 3.86. The van der Waals surface area contributed by atoms with Gasteiger partial charge in [0.05, 0.1) is 10.9 Å². The van der Waals surface area contributed by atoms with E-state index in [0.29, 0.717) is 12.1 Å². The lowest BCUT2D eigenvalue weighted by Gasteiger charge is -2.28. The average Bonchev–Trinajstić information content (AvgIpc) is 3.08. The molecule has 0 saturated carbocycles. The van der Waals surface area contributed by atoms with Crippen molar-refractivity contribution in [3.05, 3.63) is 64.7 Å². The Morgan fingerprint density at radius 2 is 1.81 bits per heavy atom. The number of aryl methyl sites for hydroxylation is 2. The number of primary sulfonamides is 1. The molecule has 1 atom stereocenters. The number of hydrogen-bond acceptors (Lipinski definition) is 3. The molecule has 1 aliphatic heterocycles. The highest BCUT2D eigenvalue weighted by atomic mass is 32.2. The summed E-state index contributed by atoms with van der Waals surface area (Å²) in [5, 5.41) is 8.13. The lowest BCUT2D eigenvalue weighted by atomic mass is 9.94. The number of amides is 2. The summed E-state index contributed by atoms with van der Waals surface area (Å²) >= 11 is 0. The molecule has 0 bridgehead atoms. The van der Waals surface area contributed by atoms with Crippen molar-refractivity contribution in [2.45, 2.75) is 44.2 Å². The van der Waals surface area contributed by atoms with E-state index in [0.717, 1.165) is 12.8 Å². The summed E-state index contributed by atoms with van der Waals surface area (Å²) in [6.45, 7) is 4.93. The molecule has 6 nitrogen and oxygen atoms in total. The molecule has 2 amide bonds. The zero-order chi connectivity index (χ0) is 19.6. The SMILES string of the molecule is Cc1cccc(C)c1C1CCCN1C(=O)NCc1ccccc1S(N)(=O)=O. The van der Waals surface area contributed by atoms with E-state index in [1.54, 1.807) is 18.2 Å². The molecule has 1 fully saturated rings. The molecule has 3 N–H and O–H groups in total. The van der Waals surface area contributed by atoms with E-state index in [9.17, 15) is 13.2 Å². The third-order valence-electron chi connectivity index (χ3n) is 5.10. The molecule has 1 heterocycles. The first-order valence-electron chi connectivity index (χ1n) is 9.00. The number of nitrogens with one attached hydrogen (secondary N) is 1. The molecule has 2 aromatic rings. The Balaban J connectivity index is 1.77. The Morgan fingerprint density at radius 1 is 1.15 bits per heavy atom. The average molecular weight is 388 g/mol. The first-order valence-corrected chi connectivity index (χ1v) is 10.5. The van der Waals surface area contributed by atoms with Crippen molar-refractivity contribution in [2.75, 3.05) is 6.54 Å². The first-order chi connectivity index (χ1) is 12.8. The Labute approximate surface area is 160 Å². The smallest absolute Gasteiger partial charge is 0.318 e. The number of sulfonamides is 1. The standard InChI is InChI=1S/C20H25N3O3S/c1-14-7-5-8-15(2)19(14)17-10-6-12-23(17)20(24)22-13-16-9-3-4-11-18(16)27(21,25)26/h3-5,7-9,11,17H,6,10,12-13H2,1-2H3,(H,22,24)(H2,21,25,26). The van der Waals surface area contributed by atoms with Gasteiger partial charge in [-0.3, -0.25) is 0 Å². The maximum absolute atomic E-state index is 12.8. The summed E-state index contributed by atoms with van der Waals surface area (Å²) in [5.74, 6) is 0. The van der Waals surface area contributed by atoms with Crippen LogP contribution in [0.4, 0.5) is 4.79 Å². The first kappa shape index (κ1) is 19.4. The van der Waals surface area contributed by atoms with Gasteiger partial charge in [0.2, 0.25) is 10.0 Å². The highest BCUT2D eigenvalue weighted by molar-refractivity contribution is 7.89. The summed E-state index contributed by atoms with van der Waals surface area (Å²) in [6, 6.07) is 12.5. The van der Waals surface area contributed by atoms with Crippen molar-refractivity contribution in [1.82, 2.24) is 10.2 Å². The molecule has 0 spiro atoms. The van der Waals surface area contributed by atoms with Crippen molar-refractivity contribution in [3.63, 3.8) is 0 Å². The Kier molecular flexibility index (Phi) is 5.53. The maximum Gasteiger partial charge on any atom is 0.318 e. The van der Waals surface area contributed by atoms with Crippen molar-refractivity contribution in [1.29, 1.82) is 0 Å². The lowest BCUT2D eigenvalue weighted by Crippen LogP contribution is -2.39. The van der Waals surface area contributed by atoms with Crippen molar-refractivity contribution >= 4 is 16.1 Å². The lowest BCUT2D eigenvalue weighted by molar-refractivity contribution is 0.192. The van der Waals surface area contributed by atoms with E-state index in [1.807, 2.05) is 11.0 Å². The molecule has 2 aromatic carbocycles. The van der Waals surface area contributed by atoms with Gasteiger partial charge in [0, 0.05) is 13.1 Å². The van der Waals surface area contributed by atoms with Crippen LogP contribution in [-0.4, -0.2) is 25.9 Å². The number of carbonyl (C=O) groups excluding carboxylic acids is 1. The van der Waals surface area contributed by atoms with Crippen molar-refractivity contribution in [3.8, 4) is 0 Å². The number of benzene rings is 2. The van der Waals surface area contributed by atoms with Gasteiger partial charge in [-0.15, -0.1) is 0 Å². The zero-order valence-electron chi connectivity index (χ0n) is 15.6. The van der Waals surface area contributed by atoms with Gasteiger partial charge in [-0.05, 0) is 55.0 Å². The minimum atomic E-state index is -3.83. The summed E-state index contributed by atoms with van der Waals surface area (Å²) in [6.07, 6.45) is 1.87. The van der Waals surface area contributed by atoms with Crippen LogP contribution in [0.3, 0.4) is 0 Å². The largest absolute Gasteiger partial charge is 0.334 e. The third-order valence-corrected chi connectivity index (χ3v) is 6.11. The van der Waals surface area contributed by atoms with Crippen LogP contribution in [0.25, 0.3) is 0 Å². The number of carbonyl (C=O) groups is 1. The van der Waals surface area contributed by atoms with Crippen LogP contribution in [0.15, 0.2) is 47.4 Å². The molecular formula is C20H25N3O3S. The fourth-order valence-corrected chi connectivity index (χ4v) is 4.64. The van der Waals surface area contributed by atoms with Gasteiger partial charge in [-0.25, -0.2) is 18.4 Å². The van der Waals surface area contributed by atoms with Crippen molar-refractivity contribution < 1.29 is 13.2 Å². The molecule has 7 heteroatoms. The molecule has 144 valence electrons. The fraction of sp³-hybridized carbons (Fsp3) is 0.350.